The first-order valence-corrected chi connectivity index (χ1v) is 12.5. The average Bonchev–Trinajstić information content (AvgIpc) is 2.95. The van der Waals surface area contributed by atoms with E-state index in [2.05, 4.69) is 10.2 Å². The van der Waals surface area contributed by atoms with Gasteiger partial charge in [-0.3, -0.25) is 9.59 Å². The van der Waals surface area contributed by atoms with E-state index in [1.165, 1.54) is 4.90 Å². The van der Waals surface area contributed by atoms with Crippen LogP contribution in [0.5, 0.6) is 5.75 Å². The molecular formula is C28H30ClN3O5. The molecule has 1 aliphatic heterocycles. The summed E-state index contributed by atoms with van der Waals surface area (Å²) >= 11 is 6.16. The molecule has 0 bridgehead atoms. The summed E-state index contributed by atoms with van der Waals surface area (Å²) in [6, 6.07) is 24.4. The van der Waals surface area contributed by atoms with Gasteiger partial charge in [-0.15, -0.1) is 0 Å². The summed E-state index contributed by atoms with van der Waals surface area (Å²) < 4.78 is 5.80. The Hall–Kier alpha value is -3.59. The number of halogens is 1. The lowest BCUT2D eigenvalue weighted by atomic mass is 10.1. The van der Waals surface area contributed by atoms with Crippen LogP contribution in [0, 0.1) is 0 Å². The molecule has 2 atom stereocenters. The average molecular weight is 524 g/mol. The molecule has 2 amide bonds. The molecule has 194 valence electrons. The van der Waals surface area contributed by atoms with E-state index in [4.69, 9.17) is 16.3 Å². The number of carbonyl (C=O) groups is 2. The molecule has 0 aliphatic carbocycles. The van der Waals surface area contributed by atoms with Crippen molar-refractivity contribution < 1.29 is 24.5 Å². The highest BCUT2D eigenvalue weighted by Crippen LogP contribution is 2.20. The van der Waals surface area contributed by atoms with Gasteiger partial charge in [-0.05, 0) is 35.9 Å². The third-order valence-electron chi connectivity index (χ3n) is 6.25. The monoisotopic (exact) mass is 523 g/mol. The van der Waals surface area contributed by atoms with Gasteiger partial charge in [0.05, 0.1) is 0 Å². The third-order valence-corrected chi connectivity index (χ3v) is 6.62. The maximum atomic E-state index is 12.7. The van der Waals surface area contributed by atoms with Gasteiger partial charge < -0.3 is 30.1 Å². The molecule has 0 spiro atoms. The molecule has 9 heteroatoms. The van der Waals surface area contributed by atoms with Gasteiger partial charge in [-0.2, -0.15) is 0 Å². The zero-order valence-electron chi connectivity index (χ0n) is 20.3. The maximum Gasteiger partial charge on any atom is 0.254 e. The van der Waals surface area contributed by atoms with Crippen LogP contribution in [0.3, 0.4) is 0 Å². The van der Waals surface area contributed by atoms with Crippen LogP contribution < -0.4 is 15.0 Å². The lowest BCUT2D eigenvalue weighted by Crippen LogP contribution is -2.55. The van der Waals surface area contributed by atoms with Gasteiger partial charge in [0.15, 0.2) is 12.2 Å². The van der Waals surface area contributed by atoms with Crippen molar-refractivity contribution in [2.75, 3.05) is 31.1 Å². The minimum atomic E-state index is -1.88. The van der Waals surface area contributed by atoms with Crippen LogP contribution in [0.2, 0.25) is 5.02 Å². The van der Waals surface area contributed by atoms with Crippen LogP contribution in [0.1, 0.15) is 11.1 Å². The van der Waals surface area contributed by atoms with Crippen molar-refractivity contribution in [3.63, 3.8) is 0 Å². The first-order valence-electron chi connectivity index (χ1n) is 12.1. The van der Waals surface area contributed by atoms with Crippen molar-refractivity contribution in [1.29, 1.82) is 0 Å². The van der Waals surface area contributed by atoms with Gasteiger partial charge in [0.25, 0.3) is 11.8 Å². The molecule has 4 rings (SSSR count). The minimum absolute atomic E-state index is 0.0931. The van der Waals surface area contributed by atoms with E-state index in [1.807, 2.05) is 48.5 Å². The third kappa shape index (κ3) is 7.01. The predicted octanol–water partition coefficient (Wildman–Crippen LogP) is 2.61. The lowest BCUT2D eigenvalue weighted by Gasteiger charge is -2.37. The zero-order chi connectivity index (χ0) is 26.2. The van der Waals surface area contributed by atoms with Crippen molar-refractivity contribution in [2.45, 2.75) is 25.4 Å². The SMILES string of the molecule is O=C(NCc1cccc(OCc2ccccc2Cl)c1)[C@H](O)[C@@H](O)C(=O)N1CCN(c2ccccc2)CC1. The summed E-state index contributed by atoms with van der Waals surface area (Å²) in [5.41, 5.74) is 2.65. The lowest BCUT2D eigenvalue weighted by molar-refractivity contribution is -0.153. The predicted molar refractivity (Wildman–Crippen MR) is 141 cm³/mol. The highest BCUT2D eigenvalue weighted by molar-refractivity contribution is 6.31. The van der Waals surface area contributed by atoms with Crippen LogP contribution in [0.25, 0.3) is 0 Å². The van der Waals surface area contributed by atoms with Gasteiger partial charge >= 0.3 is 0 Å². The number of aliphatic hydroxyl groups excluding tert-OH is 2. The largest absolute Gasteiger partial charge is 0.489 e. The Kier molecular flexibility index (Phi) is 9.00. The van der Waals surface area contributed by atoms with Crippen LogP contribution in [0.15, 0.2) is 78.9 Å². The number of benzene rings is 3. The second-order valence-corrected chi connectivity index (χ2v) is 9.19. The Morgan fingerprint density at radius 2 is 1.59 bits per heavy atom. The number of nitrogens with zero attached hydrogens (tertiary/aromatic N) is 2. The number of nitrogens with one attached hydrogen (secondary N) is 1. The van der Waals surface area contributed by atoms with Crippen LogP contribution in [-0.4, -0.2) is 65.3 Å². The first kappa shape index (κ1) is 26.5. The molecule has 8 nitrogen and oxygen atoms in total. The fourth-order valence-electron chi connectivity index (χ4n) is 4.10. The van der Waals surface area contributed by atoms with E-state index in [0.717, 1.165) is 16.8 Å². The number of anilines is 1. The summed E-state index contributed by atoms with van der Waals surface area (Å²) in [5, 5.41) is 23.9. The van der Waals surface area contributed by atoms with Crippen molar-refractivity contribution in [3.05, 3.63) is 95.0 Å². The fourth-order valence-corrected chi connectivity index (χ4v) is 4.30. The molecule has 1 aliphatic rings. The molecule has 3 aromatic rings. The molecule has 3 N–H and O–H groups in total. The van der Waals surface area contributed by atoms with Crippen LogP contribution >= 0.6 is 11.6 Å². The normalized spacial score (nSPS) is 15.1. The number of ether oxygens (including phenoxy) is 1. The standard InChI is InChI=1S/C28H30ClN3O5/c29-24-12-5-4-8-21(24)19-37-23-11-6-7-20(17-23)18-30-27(35)25(33)26(34)28(36)32-15-13-31(14-16-32)22-9-2-1-3-10-22/h1-12,17,25-26,33-34H,13-16,18-19H2,(H,30,35)/t25-,26-/m1/s1. The number of amides is 2. The van der Waals surface area contributed by atoms with E-state index in [-0.39, 0.29) is 6.54 Å². The number of hydrogen-bond donors (Lipinski definition) is 3. The van der Waals surface area contributed by atoms with Crippen LogP contribution in [-0.2, 0) is 22.7 Å². The number of para-hydroxylation sites is 1. The molecule has 3 aromatic carbocycles. The molecule has 0 aromatic heterocycles. The molecule has 0 saturated carbocycles. The molecule has 37 heavy (non-hydrogen) atoms. The van der Waals surface area contributed by atoms with Crippen molar-refractivity contribution in [2.24, 2.45) is 0 Å². The number of carbonyl (C=O) groups excluding carboxylic acids is 2. The Morgan fingerprint density at radius 3 is 2.32 bits per heavy atom. The van der Waals surface area contributed by atoms with Crippen molar-refractivity contribution in [3.8, 4) is 5.75 Å². The number of piperazine rings is 1. The highest BCUT2D eigenvalue weighted by Gasteiger charge is 2.34. The van der Waals surface area contributed by atoms with E-state index in [1.54, 1.807) is 30.3 Å². The Balaban J connectivity index is 1.24. The van der Waals surface area contributed by atoms with Gasteiger partial charge in [0, 0.05) is 49.0 Å². The van der Waals surface area contributed by atoms with Gasteiger partial charge in [0.2, 0.25) is 0 Å². The number of rotatable bonds is 9. The first-order chi connectivity index (χ1) is 17.9. The summed E-state index contributed by atoms with van der Waals surface area (Å²) in [7, 11) is 0. The second-order valence-electron chi connectivity index (χ2n) is 8.78. The molecule has 0 unspecified atom stereocenters. The van der Waals surface area contributed by atoms with E-state index < -0.39 is 24.0 Å². The van der Waals surface area contributed by atoms with Gasteiger partial charge in [-0.1, -0.05) is 60.1 Å². The smallest absolute Gasteiger partial charge is 0.254 e. The summed E-state index contributed by atoms with van der Waals surface area (Å²) in [6.45, 7) is 2.36. The van der Waals surface area contributed by atoms with E-state index in [0.29, 0.717) is 43.6 Å². The molecule has 0 radical (unpaired) electrons. The zero-order valence-corrected chi connectivity index (χ0v) is 21.1. The quantitative estimate of drug-likeness (QED) is 0.398. The van der Waals surface area contributed by atoms with Gasteiger partial charge in [0.1, 0.15) is 12.4 Å². The number of hydrogen-bond acceptors (Lipinski definition) is 6. The summed E-state index contributed by atoms with van der Waals surface area (Å²) in [6.07, 6.45) is -3.71. The molecular weight excluding hydrogens is 494 g/mol. The topological polar surface area (TPSA) is 102 Å². The van der Waals surface area contributed by atoms with Gasteiger partial charge in [-0.25, -0.2) is 0 Å². The van der Waals surface area contributed by atoms with Crippen LogP contribution in [0.4, 0.5) is 5.69 Å². The minimum Gasteiger partial charge on any atom is -0.489 e. The Bertz CT molecular complexity index is 1200. The summed E-state index contributed by atoms with van der Waals surface area (Å²) in [5.74, 6) is -0.895. The Labute approximate surface area is 221 Å². The highest BCUT2D eigenvalue weighted by atomic mass is 35.5. The second kappa shape index (κ2) is 12.6. The molecule has 1 fully saturated rings. The summed E-state index contributed by atoms with van der Waals surface area (Å²) in [4.78, 5) is 28.8. The van der Waals surface area contributed by atoms with E-state index in [9.17, 15) is 19.8 Å². The molecule has 1 saturated heterocycles. The number of aliphatic hydroxyl groups is 2. The van der Waals surface area contributed by atoms with E-state index >= 15 is 0 Å². The fraction of sp³-hybridized carbons (Fsp3) is 0.286. The Morgan fingerprint density at radius 1 is 0.892 bits per heavy atom. The molecule has 1 heterocycles. The maximum absolute atomic E-state index is 12.7. The van der Waals surface area contributed by atoms with Crippen molar-refractivity contribution >= 4 is 29.1 Å². The van der Waals surface area contributed by atoms with Crippen molar-refractivity contribution in [1.82, 2.24) is 10.2 Å².